The Kier molecular flexibility index (Phi) is 4.88. The van der Waals surface area contributed by atoms with Crippen molar-refractivity contribution in [2.24, 2.45) is 16.8 Å². The van der Waals surface area contributed by atoms with Crippen molar-refractivity contribution in [3.05, 3.63) is 24.2 Å². The predicted octanol–water partition coefficient (Wildman–Crippen LogP) is 2.72. The zero-order valence-electron chi connectivity index (χ0n) is 12.2. The quantitative estimate of drug-likeness (QED) is 0.673. The van der Waals surface area contributed by atoms with Crippen molar-refractivity contribution >= 4 is 5.96 Å². The number of piperidine rings is 1. The Morgan fingerprint density at radius 1 is 1.42 bits per heavy atom. The van der Waals surface area contributed by atoms with Crippen LogP contribution in [-0.2, 0) is 6.54 Å². The molecule has 0 aromatic carbocycles. The molecule has 0 amide bonds. The lowest BCUT2D eigenvalue weighted by atomic mass is 9.92. The second-order valence-electron chi connectivity index (χ2n) is 5.60. The number of hydrogen-bond acceptors (Lipinski definition) is 2. The van der Waals surface area contributed by atoms with Crippen LogP contribution in [0.15, 0.2) is 27.8 Å². The molecule has 1 aromatic heterocycles. The number of guanidine groups is 1. The first-order valence-corrected chi connectivity index (χ1v) is 7.24. The van der Waals surface area contributed by atoms with Crippen molar-refractivity contribution in [3.63, 3.8) is 0 Å². The van der Waals surface area contributed by atoms with Crippen molar-refractivity contribution in [1.29, 1.82) is 0 Å². The Balaban J connectivity index is 2.03. The first-order valence-electron chi connectivity index (χ1n) is 7.24. The monoisotopic (exact) mass is 263 g/mol. The molecule has 0 aliphatic carbocycles. The average molecular weight is 263 g/mol. The highest BCUT2D eigenvalue weighted by atomic mass is 16.3. The Morgan fingerprint density at radius 2 is 2.16 bits per heavy atom. The molecule has 19 heavy (non-hydrogen) atoms. The Morgan fingerprint density at radius 3 is 2.74 bits per heavy atom. The van der Waals surface area contributed by atoms with Gasteiger partial charge in [0.25, 0.3) is 0 Å². The van der Waals surface area contributed by atoms with Gasteiger partial charge in [0.1, 0.15) is 12.3 Å². The summed E-state index contributed by atoms with van der Waals surface area (Å²) in [5.74, 6) is 3.39. The van der Waals surface area contributed by atoms with Gasteiger partial charge in [0.15, 0.2) is 5.96 Å². The van der Waals surface area contributed by atoms with Crippen molar-refractivity contribution in [2.75, 3.05) is 19.6 Å². The van der Waals surface area contributed by atoms with Crippen molar-refractivity contribution < 1.29 is 4.42 Å². The smallest absolute Gasteiger partial charge is 0.194 e. The van der Waals surface area contributed by atoms with Crippen LogP contribution in [0.5, 0.6) is 0 Å². The van der Waals surface area contributed by atoms with Crippen LogP contribution in [0.2, 0.25) is 0 Å². The van der Waals surface area contributed by atoms with Gasteiger partial charge in [-0.05, 0) is 37.3 Å². The molecule has 1 saturated heterocycles. The molecule has 4 nitrogen and oxygen atoms in total. The summed E-state index contributed by atoms with van der Waals surface area (Å²) in [4.78, 5) is 7.07. The first kappa shape index (κ1) is 14.0. The minimum Gasteiger partial charge on any atom is -0.467 e. The van der Waals surface area contributed by atoms with E-state index in [4.69, 9.17) is 4.42 Å². The molecular weight excluding hydrogens is 238 g/mol. The summed E-state index contributed by atoms with van der Waals surface area (Å²) in [6, 6.07) is 3.87. The summed E-state index contributed by atoms with van der Waals surface area (Å²) in [6.45, 7) is 10.4. The number of furan rings is 1. The molecule has 1 aromatic rings. The van der Waals surface area contributed by atoms with Crippen LogP contribution >= 0.6 is 0 Å². The van der Waals surface area contributed by atoms with Gasteiger partial charge >= 0.3 is 0 Å². The van der Waals surface area contributed by atoms with E-state index in [2.05, 4.69) is 36.0 Å². The summed E-state index contributed by atoms with van der Waals surface area (Å²) in [5.41, 5.74) is 0. The van der Waals surface area contributed by atoms with E-state index in [1.807, 2.05) is 12.1 Å². The van der Waals surface area contributed by atoms with Gasteiger partial charge in [0, 0.05) is 19.6 Å². The maximum absolute atomic E-state index is 5.34. The van der Waals surface area contributed by atoms with Crippen LogP contribution in [0.1, 0.15) is 33.0 Å². The maximum atomic E-state index is 5.34. The topological polar surface area (TPSA) is 40.8 Å². The molecule has 2 unspecified atom stereocenters. The third-order valence-corrected chi connectivity index (χ3v) is 3.47. The number of nitrogens with zero attached hydrogens (tertiary/aromatic N) is 2. The largest absolute Gasteiger partial charge is 0.467 e. The fraction of sp³-hybridized carbons (Fsp3) is 0.667. The second-order valence-corrected chi connectivity index (χ2v) is 5.60. The minimum atomic E-state index is 0.606. The van der Waals surface area contributed by atoms with Crippen molar-refractivity contribution in [1.82, 2.24) is 10.2 Å². The Bertz CT molecular complexity index is 390. The number of hydrogen-bond donors (Lipinski definition) is 1. The molecule has 0 radical (unpaired) electrons. The zero-order valence-corrected chi connectivity index (χ0v) is 12.2. The summed E-state index contributed by atoms with van der Waals surface area (Å²) < 4.78 is 5.34. The van der Waals surface area contributed by atoms with E-state index < -0.39 is 0 Å². The number of likely N-dealkylation sites (tertiary alicyclic amines) is 1. The van der Waals surface area contributed by atoms with Gasteiger partial charge < -0.3 is 14.6 Å². The molecule has 2 rings (SSSR count). The molecule has 1 aliphatic rings. The highest BCUT2D eigenvalue weighted by molar-refractivity contribution is 5.80. The molecular formula is C15H25N3O. The highest BCUT2D eigenvalue weighted by Gasteiger charge is 2.23. The maximum Gasteiger partial charge on any atom is 0.194 e. The fourth-order valence-electron chi connectivity index (χ4n) is 2.82. The average Bonchev–Trinajstić information content (AvgIpc) is 2.86. The van der Waals surface area contributed by atoms with E-state index >= 15 is 0 Å². The normalized spacial score (nSPS) is 24.6. The fourth-order valence-corrected chi connectivity index (χ4v) is 2.82. The van der Waals surface area contributed by atoms with Crippen molar-refractivity contribution in [3.8, 4) is 0 Å². The van der Waals surface area contributed by atoms with Gasteiger partial charge in [-0.25, -0.2) is 4.99 Å². The molecule has 0 spiro atoms. The van der Waals surface area contributed by atoms with E-state index in [9.17, 15) is 0 Å². The molecule has 4 heteroatoms. The molecule has 2 atom stereocenters. The molecule has 1 fully saturated rings. The van der Waals surface area contributed by atoms with Gasteiger partial charge in [-0.2, -0.15) is 0 Å². The van der Waals surface area contributed by atoms with Crippen molar-refractivity contribution in [2.45, 2.75) is 33.7 Å². The summed E-state index contributed by atoms with van der Waals surface area (Å²) in [7, 11) is 0. The van der Waals surface area contributed by atoms with Crippen LogP contribution in [0.25, 0.3) is 0 Å². The third-order valence-electron chi connectivity index (χ3n) is 3.47. The molecule has 1 N–H and O–H groups in total. The molecule has 2 heterocycles. The van der Waals surface area contributed by atoms with E-state index in [-0.39, 0.29) is 0 Å². The minimum absolute atomic E-state index is 0.606. The van der Waals surface area contributed by atoms with Gasteiger partial charge in [-0.1, -0.05) is 13.8 Å². The SMILES string of the molecule is CCNC(=NCc1ccco1)N1CC(C)CC(C)C1. The van der Waals surface area contributed by atoms with E-state index in [1.54, 1.807) is 6.26 Å². The standard InChI is InChI=1S/C15H25N3O/c1-4-16-15(17-9-14-6-5-7-19-14)18-10-12(2)8-13(3)11-18/h5-7,12-13H,4,8-11H2,1-3H3,(H,16,17). The van der Waals surface area contributed by atoms with E-state index in [0.717, 1.165) is 43.2 Å². The zero-order chi connectivity index (χ0) is 13.7. The molecule has 0 bridgehead atoms. The van der Waals surface area contributed by atoms with Gasteiger partial charge in [0.2, 0.25) is 0 Å². The lowest BCUT2D eigenvalue weighted by Crippen LogP contribution is -2.48. The van der Waals surface area contributed by atoms with Gasteiger partial charge in [0.05, 0.1) is 6.26 Å². The number of nitrogens with one attached hydrogen (secondary N) is 1. The Hall–Kier alpha value is -1.45. The van der Waals surface area contributed by atoms with Gasteiger partial charge in [-0.15, -0.1) is 0 Å². The molecule has 1 aliphatic heterocycles. The second kappa shape index (κ2) is 6.64. The van der Waals surface area contributed by atoms with Crippen LogP contribution in [-0.4, -0.2) is 30.5 Å². The number of aliphatic imine (C=N–C) groups is 1. The Labute approximate surface area is 115 Å². The summed E-state index contributed by atoms with van der Waals surface area (Å²) in [5, 5.41) is 3.39. The number of rotatable bonds is 3. The van der Waals surface area contributed by atoms with Crippen LogP contribution < -0.4 is 5.32 Å². The summed E-state index contributed by atoms with van der Waals surface area (Å²) in [6.07, 6.45) is 3.01. The first-order chi connectivity index (χ1) is 9.19. The molecule has 0 saturated carbocycles. The lowest BCUT2D eigenvalue weighted by Gasteiger charge is -2.37. The van der Waals surface area contributed by atoms with Crippen LogP contribution in [0.4, 0.5) is 0 Å². The van der Waals surface area contributed by atoms with Gasteiger partial charge in [-0.3, -0.25) is 0 Å². The predicted molar refractivity (Wildman–Crippen MR) is 78.0 cm³/mol. The summed E-state index contributed by atoms with van der Waals surface area (Å²) >= 11 is 0. The van der Waals surface area contributed by atoms with E-state index in [1.165, 1.54) is 6.42 Å². The van der Waals surface area contributed by atoms with Crippen LogP contribution in [0, 0.1) is 11.8 Å². The van der Waals surface area contributed by atoms with E-state index in [0.29, 0.717) is 6.54 Å². The highest BCUT2D eigenvalue weighted by Crippen LogP contribution is 2.21. The lowest BCUT2D eigenvalue weighted by molar-refractivity contribution is 0.208. The molecule has 106 valence electrons. The van der Waals surface area contributed by atoms with Crippen LogP contribution in [0.3, 0.4) is 0 Å². The third kappa shape index (κ3) is 4.01.